The third kappa shape index (κ3) is 4.42. The molecule has 1 aliphatic rings. The number of carbonyl (C=O) groups excluding carboxylic acids is 2. The van der Waals surface area contributed by atoms with Crippen molar-refractivity contribution in [2.45, 2.75) is 19.4 Å². The van der Waals surface area contributed by atoms with Crippen molar-refractivity contribution in [3.63, 3.8) is 0 Å². The van der Waals surface area contributed by atoms with E-state index in [2.05, 4.69) is 0 Å². The van der Waals surface area contributed by atoms with Crippen LogP contribution in [0.15, 0.2) is 96.6 Å². The van der Waals surface area contributed by atoms with E-state index in [1.807, 2.05) is 49.4 Å². The number of Topliss-reactive ketones (excluding diaryl/α,β-unsaturated/α-hetero) is 1. The van der Waals surface area contributed by atoms with Crippen molar-refractivity contribution in [3.05, 3.63) is 108 Å². The van der Waals surface area contributed by atoms with Crippen molar-refractivity contribution in [1.82, 2.24) is 0 Å². The lowest BCUT2D eigenvalue weighted by Gasteiger charge is -2.26. The van der Waals surface area contributed by atoms with Crippen LogP contribution in [-0.4, -0.2) is 30.5 Å². The molecule has 1 aliphatic heterocycles. The van der Waals surface area contributed by atoms with Gasteiger partial charge in [-0.15, -0.1) is 0 Å². The molecule has 1 amide bonds. The van der Waals surface area contributed by atoms with E-state index >= 15 is 0 Å². The summed E-state index contributed by atoms with van der Waals surface area (Å²) in [5, 5.41) is 13.3. The predicted molar refractivity (Wildman–Crippen MR) is 144 cm³/mol. The first kappa shape index (κ1) is 24.1. The molecule has 4 aromatic carbocycles. The van der Waals surface area contributed by atoms with Crippen molar-refractivity contribution in [3.8, 4) is 11.5 Å². The predicted octanol–water partition coefficient (Wildman–Crippen LogP) is 6.26. The van der Waals surface area contributed by atoms with Gasteiger partial charge in [-0.25, -0.2) is 0 Å². The molecule has 1 atom stereocenters. The first-order valence-corrected chi connectivity index (χ1v) is 12.2. The number of benzene rings is 4. The third-order valence-electron chi connectivity index (χ3n) is 6.49. The zero-order valence-corrected chi connectivity index (χ0v) is 20.7. The van der Waals surface area contributed by atoms with E-state index < -0.39 is 17.7 Å². The molecule has 1 saturated heterocycles. The van der Waals surface area contributed by atoms with E-state index in [9.17, 15) is 14.7 Å². The molecule has 5 rings (SSSR count). The van der Waals surface area contributed by atoms with Crippen molar-refractivity contribution in [2.24, 2.45) is 0 Å². The molecule has 6 heteroatoms. The van der Waals surface area contributed by atoms with Crippen molar-refractivity contribution < 1.29 is 24.2 Å². The minimum Gasteiger partial charge on any atom is -0.507 e. The number of nitrogens with zero attached hydrogens (tertiary/aromatic N) is 1. The lowest BCUT2D eigenvalue weighted by molar-refractivity contribution is -0.132. The minimum atomic E-state index is -0.839. The number of ether oxygens (including phenoxy) is 2. The summed E-state index contributed by atoms with van der Waals surface area (Å²) < 4.78 is 11.0. The molecule has 1 N–H and O–H groups in total. The summed E-state index contributed by atoms with van der Waals surface area (Å²) in [4.78, 5) is 28.5. The van der Waals surface area contributed by atoms with Gasteiger partial charge in [0, 0.05) is 17.3 Å². The van der Waals surface area contributed by atoms with Crippen LogP contribution in [0.1, 0.15) is 30.5 Å². The quantitative estimate of drug-likeness (QED) is 0.187. The van der Waals surface area contributed by atoms with Crippen LogP contribution in [0, 0.1) is 0 Å². The Morgan fingerprint density at radius 2 is 1.62 bits per heavy atom. The van der Waals surface area contributed by atoms with E-state index in [4.69, 9.17) is 9.47 Å². The Morgan fingerprint density at radius 1 is 0.892 bits per heavy atom. The van der Waals surface area contributed by atoms with Crippen LogP contribution in [0.2, 0.25) is 0 Å². The average Bonchev–Trinajstić information content (AvgIpc) is 3.21. The first-order valence-electron chi connectivity index (χ1n) is 12.2. The van der Waals surface area contributed by atoms with Gasteiger partial charge in [0.2, 0.25) is 0 Å². The standard InChI is InChI=1S/C31H27NO5/c1-3-18-37-23-16-14-21(15-17-23)29(33)27-28(26-13-6-9-20-8-4-5-12-25(20)26)32(31(35)30(27)34)22-10-7-11-24(19-22)36-2/h4-17,19,28,33H,3,18H2,1-2H3/b29-27-. The number of hydrogen-bond donors (Lipinski definition) is 1. The molecule has 0 radical (unpaired) electrons. The average molecular weight is 494 g/mol. The number of amides is 1. The van der Waals surface area contributed by atoms with E-state index in [1.54, 1.807) is 55.6 Å². The molecule has 0 bridgehead atoms. The topological polar surface area (TPSA) is 76.1 Å². The molecule has 0 aliphatic carbocycles. The van der Waals surface area contributed by atoms with E-state index in [0.717, 1.165) is 22.8 Å². The highest BCUT2D eigenvalue weighted by molar-refractivity contribution is 6.52. The number of ketones is 1. The smallest absolute Gasteiger partial charge is 0.300 e. The van der Waals surface area contributed by atoms with Gasteiger partial charge in [0.1, 0.15) is 17.3 Å². The Kier molecular flexibility index (Phi) is 6.64. The minimum absolute atomic E-state index is 0.0337. The third-order valence-corrected chi connectivity index (χ3v) is 6.49. The normalized spacial score (nSPS) is 16.8. The van der Waals surface area contributed by atoms with E-state index in [1.165, 1.54) is 4.90 Å². The van der Waals surface area contributed by atoms with Gasteiger partial charge < -0.3 is 14.6 Å². The molecule has 1 fully saturated rings. The van der Waals surface area contributed by atoms with Gasteiger partial charge >= 0.3 is 0 Å². The van der Waals surface area contributed by atoms with Gasteiger partial charge in [-0.1, -0.05) is 55.5 Å². The van der Waals surface area contributed by atoms with Crippen LogP contribution in [0.25, 0.3) is 16.5 Å². The summed E-state index contributed by atoms with van der Waals surface area (Å²) in [7, 11) is 1.54. The fourth-order valence-electron chi connectivity index (χ4n) is 4.73. The number of fused-ring (bicyclic) bond motifs is 1. The summed E-state index contributed by atoms with van der Waals surface area (Å²) in [6.07, 6.45) is 0.875. The highest BCUT2D eigenvalue weighted by Gasteiger charge is 2.47. The van der Waals surface area contributed by atoms with Gasteiger partial charge in [-0.3, -0.25) is 14.5 Å². The van der Waals surface area contributed by atoms with E-state index in [0.29, 0.717) is 29.4 Å². The second-order valence-corrected chi connectivity index (χ2v) is 8.81. The van der Waals surface area contributed by atoms with Crippen LogP contribution in [0.5, 0.6) is 11.5 Å². The highest BCUT2D eigenvalue weighted by atomic mass is 16.5. The number of hydrogen-bond acceptors (Lipinski definition) is 5. The van der Waals surface area contributed by atoms with E-state index in [-0.39, 0.29) is 11.3 Å². The van der Waals surface area contributed by atoms with Crippen LogP contribution in [0.3, 0.4) is 0 Å². The maximum atomic E-state index is 13.5. The molecule has 1 unspecified atom stereocenters. The highest BCUT2D eigenvalue weighted by Crippen LogP contribution is 2.44. The van der Waals surface area contributed by atoms with Crippen LogP contribution >= 0.6 is 0 Å². The maximum absolute atomic E-state index is 13.5. The second kappa shape index (κ2) is 10.2. The molecule has 0 saturated carbocycles. The monoisotopic (exact) mass is 493 g/mol. The molecule has 186 valence electrons. The number of methoxy groups -OCH3 is 1. The van der Waals surface area contributed by atoms with Crippen molar-refractivity contribution in [1.29, 1.82) is 0 Å². The van der Waals surface area contributed by atoms with Gasteiger partial charge in [0.25, 0.3) is 11.7 Å². The first-order chi connectivity index (χ1) is 18.0. The Bertz CT molecular complexity index is 1500. The van der Waals surface area contributed by atoms with Crippen LogP contribution in [-0.2, 0) is 9.59 Å². The van der Waals surface area contributed by atoms with Crippen molar-refractivity contribution in [2.75, 3.05) is 18.6 Å². The number of anilines is 1. The summed E-state index contributed by atoms with van der Waals surface area (Å²) in [5.41, 5.74) is 1.70. The zero-order chi connectivity index (χ0) is 25.9. The summed E-state index contributed by atoms with van der Waals surface area (Å²) in [6.45, 7) is 2.60. The molecule has 1 heterocycles. The lowest BCUT2D eigenvalue weighted by atomic mass is 9.91. The molecular formula is C31H27NO5. The Balaban J connectivity index is 1.71. The number of aliphatic hydroxyl groups excluding tert-OH is 1. The molecule has 4 aromatic rings. The lowest BCUT2D eigenvalue weighted by Crippen LogP contribution is -2.29. The van der Waals surface area contributed by atoms with Crippen LogP contribution in [0.4, 0.5) is 5.69 Å². The SMILES string of the molecule is CCCOc1ccc(/C(O)=C2/C(=O)C(=O)N(c3cccc(OC)c3)C2c2cccc3ccccc23)cc1. The fourth-order valence-corrected chi connectivity index (χ4v) is 4.73. The number of rotatable bonds is 7. The summed E-state index contributed by atoms with van der Waals surface area (Å²) in [6, 6.07) is 26.6. The zero-order valence-electron chi connectivity index (χ0n) is 20.7. The van der Waals surface area contributed by atoms with Crippen molar-refractivity contribution >= 4 is 33.9 Å². The van der Waals surface area contributed by atoms with Crippen LogP contribution < -0.4 is 14.4 Å². The Morgan fingerprint density at radius 3 is 2.38 bits per heavy atom. The molecular weight excluding hydrogens is 466 g/mol. The Labute approximate surface area is 215 Å². The molecule has 6 nitrogen and oxygen atoms in total. The molecule has 0 aromatic heterocycles. The van der Waals surface area contributed by atoms with Gasteiger partial charge in [-0.2, -0.15) is 0 Å². The molecule has 37 heavy (non-hydrogen) atoms. The second-order valence-electron chi connectivity index (χ2n) is 8.81. The van der Waals surface area contributed by atoms with Gasteiger partial charge in [0.15, 0.2) is 0 Å². The fraction of sp³-hybridized carbons (Fsp3) is 0.161. The maximum Gasteiger partial charge on any atom is 0.300 e. The van der Waals surface area contributed by atoms with Gasteiger partial charge in [0.05, 0.1) is 25.3 Å². The summed E-state index contributed by atoms with van der Waals surface area (Å²) >= 11 is 0. The summed E-state index contributed by atoms with van der Waals surface area (Å²) in [5.74, 6) is -0.469. The van der Waals surface area contributed by atoms with Gasteiger partial charge in [-0.05, 0) is 59.2 Å². The largest absolute Gasteiger partial charge is 0.507 e. The number of aliphatic hydroxyl groups is 1. The number of carbonyl (C=O) groups is 2. The molecule has 0 spiro atoms. The Hall–Kier alpha value is -4.58.